The van der Waals surface area contributed by atoms with Crippen LogP contribution in [-0.4, -0.2) is 41.0 Å². The lowest BCUT2D eigenvalue weighted by Crippen LogP contribution is -2.24. The minimum absolute atomic E-state index is 0.0799. The van der Waals surface area contributed by atoms with Gasteiger partial charge in [0.1, 0.15) is 17.4 Å². The molecule has 1 heterocycles. The molecule has 0 aromatic heterocycles. The number of hydrogen-bond acceptors (Lipinski definition) is 7. The van der Waals surface area contributed by atoms with Gasteiger partial charge in [0.25, 0.3) is 0 Å². The second-order valence-electron chi connectivity index (χ2n) is 5.13. The number of carbonyl (C=O) groups excluding carboxylic acids is 3. The maximum atomic E-state index is 12.4. The smallest absolute Gasteiger partial charge is 0.342 e. The lowest BCUT2D eigenvalue weighted by atomic mass is 9.86. The number of methoxy groups -OCH3 is 1. The van der Waals surface area contributed by atoms with Gasteiger partial charge in [-0.1, -0.05) is 0 Å². The van der Waals surface area contributed by atoms with E-state index in [1.54, 1.807) is 6.92 Å². The number of allylic oxidation sites excluding steroid dienone is 1. The molecule has 22 heavy (non-hydrogen) atoms. The minimum atomic E-state index is -0.988. The van der Waals surface area contributed by atoms with E-state index in [-0.39, 0.29) is 23.0 Å². The van der Waals surface area contributed by atoms with Crippen molar-refractivity contribution >= 4 is 17.5 Å². The Kier molecular flexibility index (Phi) is 2.94. The van der Waals surface area contributed by atoms with Crippen LogP contribution in [0.1, 0.15) is 33.2 Å². The van der Waals surface area contributed by atoms with Crippen LogP contribution in [0.2, 0.25) is 0 Å². The molecule has 7 nitrogen and oxygen atoms in total. The molecule has 1 aromatic rings. The van der Waals surface area contributed by atoms with Crippen LogP contribution in [0.3, 0.4) is 0 Å². The van der Waals surface area contributed by atoms with Crippen LogP contribution in [0.25, 0.3) is 0 Å². The molecular formula is C15H12O7. The third-order valence-corrected chi connectivity index (χ3v) is 3.71. The predicted molar refractivity (Wildman–Crippen MR) is 72.3 cm³/mol. The Morgan fingerprint density at radius 2 is 1.95 bits per heavy atom. The molecule has 0 saturated carbocycles. The van der Waals surface area contributed by atoms with Gasteiger partial charge < -0.3 is 19.7 Å². The van der Waals surface area contributed by atoms with Crippen LogP contribution in [0.5, 0.6) is 17.2 Å². The van der Waals surface area contributed by atoms with Crippen LogP contribution in [-0.2, 0) is 16.0 Å². The van der Waals surface area contributed by atoms with E-state index in [9.17, 15) is 24.6 Å². The standard InChI is InChI=1S/C15H12O7/c1-5-3-6-12(18)13(19)10-9(14(6)22-5)8(16)4-7(11(10)17)15(20)21-2/h4-5,18-19H,3H2,1-2H3. The fourth-order valence-corrected chi connectivity index (χ4v) is 2.72. The first-order valence-corrected chi connectivity index (χ1v) is 6.53. The number of esters is 1. The molecule has 1 aliphatic carbocycles. The fourth-order valence-electron chi connectivity index (χ4n) is 2.72. The third kappa shape index (κ3) is 1.71. The van der Waals surface area contributed by atoms with Gasteiger partial charge in [0, 0.05) is 18.1 Å². The quantitative estimate of drug-likeness (QED) is 0.450. The van der Waals surface area contributed by atoms with Crippen LogP contribution in [0, 0.1) is 0 Å². The first-order valence-electron chi connectivity index (χ1n) is 6.53. The number of phenols is 2. The van der Waals surface area contributed by atoms with Crippen LogP contribution in [0.15, 0.2) is 11.6 Å². The number of carbonyl (C=O) groups is 3. The van der Waals surface area contributed by atoms with Gasteiger partial charge in [-0.05, 0) is 6.92 Å². The normalized spacial score (nSPS) is 19.2. The van der Waals surface area contributed by atoms with Crippen molar-refractivity contribution in [3.05, 3.63) is 28.3 Å². The van der Waals surface area contributed by atoms with Gasteiger partial charge in [0.05, 0.1) is 18.2 Å². The number of hydrogen-bond donors (Lipinski definition) is 2. The van der Waals surface area contributed by atoms with Crippen molar-refractivity contribution in [2.75, 3.05) is 7.11 Å². The molecule has 2 N–H and O–H groups in total. The first-order chi connectivity index (χ1) is 10.4. The molecule has 7 heteroatoms. The largest absolute Gasteiger partial charge is 0.504 e. The highest BCUT2D eigenvalue weighted by molar-refractivity contribution is 6.35. The molecule has 0 fully saturated rings. The third-order valence-electron chi connectivity index (χ3n) is 3.71. The second kappa shape index (κ2) is 4.59. The second-order valence-corrected chi connectivity index (χ2v) is 5.13. The van der Waals surface area contributed by atoms with Crippen molar-refractivity contribution in [3.63, 3.8) is 0 Å². The number of fused-ring (bicyclic) bond motifs is 3. The zero-order chi connectivity index (χ0) is 16.2. The van der Waals surface area contributed by atoms with Crippen molar-refractivity contribution in [2.24, 2.45) is 0 Å². The van der Waals surface area contributed by atoms with Crippen molar-refractivity contribution < 1.29 is 34.1 Å². The molecule has 0 radical (unpaired) electrons. The van der Waals surface area contributed by atoms with Crippen molar-refractivity contribution in [1.82, 2.24) is 0 Å². The number of ketones is 2. The van der Waals surface area contributed by atoms with E-state index in [0.717, 1.165) is 13.2 Å². The SMILES string of the molecule is COC(=O)C1=CC(=O)c2c3c(c(O)c(O)c2C1=O)CC(C)O3. The monoisotopic (exact) mass is 304 g/mol. The van der Waals surface area contributed by atoms with E-state index in [1.165, 1.54) is 0 Å². The van der Waals surface area contributed by atoms with Gasteiger partial charge in [0.15, 0.2) is 17.3 Å². The van der Waals surface area contributed by atoms with Crippen LogP contribution < -0.4 is 4.74 Å². The lowest BCUT2D eigenvalue weighted by Gasteiger charge is -2.19. The summed E-state index contributed by atoms with van der Waals surface area (Å²) in [6.07, 6.45) is 0.858. The van der Waals surface area contributed by atoms with Gasteiger partial charge in [-0.2, -0.15) is 0 Å². The molecule has 3 rings (SSSR count). The van der Waals surface area contributed by atoms with Crippen LogP contribution in [0.4, 0.5) is 0 Å². The van der Waals surface area contributed by atoms with E-state index in [1.807, 2.05) is 0 Å². The zero-order valence-corrected chi connectivity index (χ0v) is 11.8. The highest BCUT2D eigenvalue weighted by atomic mass is 16.5. The summed E-state index contributed by atoms with van der Waals surface area (Å²) in [6.45, 7) is 1.73. The minimum Gasteiger partial charge on any atom is -0.504 e. The highest BCUT2D eigenvalue weighted by Gasteiger charge is 2.40. The van der Waals surface area contributed by atoms with E-state index in [0.29, 0.717) is 6.42 Å². The Labute approximate surface area is 124 Å². The summed E-state index contributed by atoms with van der Waals surface area (Å²) in [5, 5.41) is 20.1. The van der Waals surface area contributed by atoms with Crippen molar-refractivity contribution in [2.45, 2.75) is 19.4 Å². The number of ether oxygens (including phenoxy) is 2. The van der Waals surface area contributed by atoms with E-state index >= 15 is 0 Å². The van der Waals surface area contributed by atoms with E-state index < -0.39 is 40.2 Å². The van der Waals surface area contributed by atoms with Crippen LogP contribution >= 0.6 is 0 Å². The summed E-state index contributed by atoms with van der Waals surface area (Å²) in [5.74, 6) is -3.69. The number of aromatic hydroxyl groups is 2. The molecule has 1 atom stereocenters. The van der Waals surface area contributed by atoms with Gasteiger partial charge in [0.2, 0.25) is 5.78 Å². The number of benzene rings is 1. The van der Waals surface area contributed by atoms with Gasteiger partial charge in [-0.25, -0.2) is 4.79 Å². The Morgan fingerprint density at radius 1 is 1.27 bits per heavy atom. The molecule has 1 aromatic carbocycles. The van der Waals surface area contributed by atoms with E-state index in [2.05, 4.69) is 4.74 Å². The predicted octanol–water partition coefficient (Wildman–Crippen LogP) is 0.900. The van der Waals surface area contributed by atoms with Gasteiger partial charge >= 0.3 is 5.97 Å². The van der Waals surface area contributed by atoms with E-state index in [4.69, 9.17) is 4.74 Å². The Hall–Kier alpha value is -2.83. The highest BCUT2D eigenvalue weighted by Crippen LogP contribution is 2.48. The molecule has 0 amide bonds. The summed E-state index contributed by atoms with van der Waals surface area (Å²) in [6, 6.07) is 0. The maximum absolute atomic E-state index is 12.4. The maximum Gasteiger partial charge on any atom is 0.342 e. The molecular weight excluding hydrogens is 292 g/mol. The fraction of sp³-hybridized carbons (Fsp3) is 0.267. The topological polar surface area (TPSA) is 110 Å². The molecule has 2 aliphatic rings. The summed E-state index contributed by atoms with van der Waals surface area (Å²) >= 11 is 0. The zero-order valence-electron chi connectivity index (χ0n) is 11.8. The Balaban J connectivity index is 2.29. The summed E-state index contributed by atoms with van der Waals surface area (Å²) in [7, 11) is 1.07. The summed E-state index contributed by atoms with van der Waals surface area (Å²) < 4.78 is 9.94. The molecule has 0 saturated heterocycles. The Morgan fingerprint density at radius 3 is 2.59 bits per heavy atom. The average Bonchev–Trinajstić information content (AvgIpc) is 2.87. The summed E-state index contributed by atoms with van der Waals surface area (Å²) in [4.78, 5) is 36.2. The van der Waals surface area contributed by atoms with Crippen molar-refractivity contribution in [3.8, 4) is 17.2 Å². The molecule has 1 unspecified atom stereocenters. The number of Topliss-reactive ketones (excluding diaryl/α,β-unsaturated/α-hetero) is 1. The molecule has 114 valence electrons. The number of phenolic OH excluding ortho intramolecular Hbond substituents is 2. The lowest BCUT2D eigenvalue weighted by molar-refractivity contribution is -0.135. The van der Waals surface area contributed by atoms with Crippen molar-refractivity contribution in [1.29, 1.82) is 0 Å². The first kappa shape index (κ1) is 14.1. The van der Waals surface area contributed by atoms with Gasteiger partial charge in [-0.3, -0.25) is 9.59 Å². The number of rotatable bonds is 1. The average molecular weight is 304 g/mol. The molecule has 0 bridgehead atoms. The van der Waals surface area contributed by atoms with Gasteiger partial charge in [-0.15, -0.1) is 0 Å². The molecule has 0 spiro atoms. The summed E-state index contributed by atoms with van der Waals surface area (Å²) in [5.41, 5.74) is -0.786. The molecule has 1 aliphatic heterocycles. The Bertz CT molecular complexity index is 773.